The highest BCUT2D eigenvalue weighted by Gasteiger charge is 2.29. The van der Waals surface area contributed by atoms with Crippen LogP contribution in [0.2, 0.25) is 0 Å². The zero-order valence-electron chi connectivity index (χ0n) is 16.6. The molecule has 1 aliphatic rings. The van der Waals surface area contributed by atoms with Crippen LogP contribution < -0.4 is 5.56 Å². The molecule has 1 saturated heterocycles. The van der Waals surface area contributed by atoms with E-state index in [-0.39, 0.29) is 18.1 Å². The average Bonchev–Trinajstić information content (AvgIpc) is 3.44. The lowest BCUT2D eigenvalue weighted by molar-refractivity contribution is -0.136. The van der Waals surface area contributed by atoms with Crippen LogP contribution in [0.5, 0.6) is 0 Å². The van der Waals surface area contributed by atoms with Gasteiger partial charge < -0.3 is 5.11 Å². The van der Waals surface area contributed by atoms with Gasteiger partial charge in [-0.2, -0.15) is 0 Å². The number of carboxylic acid groups (broad SMARTS) is 1. The van der Waals surface area contributed by atoms with Crippen molar-refractivity contribution in [3.05, 3.63) is 74.7 Å². The number of nitrogens with zero attached hydrogens (tertiary/aromatic N) is 5. The molecule has 3 heterocycles. The Morgan fingerprint density at radius 3 is 2.58 bits per heavy atom. The van der Waals surface area contributed by atoms with E-state index in [1.165, 1.54) is 0 Å². The Kier molecular flexibility index (Phi) is 5.07. The van der Waals surface area contributed by atoms with Crippen molar-refractivity contribution in [1.82, 2.24) is 24.1 Å². The molecule has 8 nitrogen and oxygen atoms in total. The summed E-state index contributed by atoms with van der Waals surface area (Å²) in [6.07, 6.45) is 3.35. The number of halogens is 1. The van der Waals surface area contributed by atoms with E-state index in [2.05, 4.69) is 31.0 Å². The number of carbonyl (C=O) groups is 1. The minimum atomic E-state index is -0.870. The maximum Gasteiger partial charge on any atom is 0.307 e. The van der Waals surface area contributed by atoms with Gasteiger partial charge in [0.2, 0.25) is 5.78 Å². The van der Waals surface area contributed by atoms with E-state index in [9.17, 15) is 9.59 Å². The fourth-order valence-electron chi connectivity index (χ4n) is 4.39. The first kappa shape index (κ1) is 19.9. The number of hydrogen-bond acceptors (Lipinski definition) is 5. The maximum absolute atomic E-state index is 13.7. The normalized spacial score (nSPS) is 15.6. The SMILES string of the molecule is O=C(O)Cc1ccc(C(N2CCCC2)n2c(=O)c3cc(Br)ccc3n3cnnc23)cc1. The second-order valence-corrected chi connectivity index (χ2v) is 8.68. The maximum atomic E-state index is 13.7. The van der Waals surface area contributed by atoms with Gasteiger partial charge in [0.05, 0.1) is 17.3 Å². The Hall–Kier alpha value is -3.04. The molecule has 4 aromatic rings. The molecule has 0 bridgehead atoms. The summed E-state index contributed by atoms with van der Waals surface area (Å²) in [5, 5.41) is 18.0. The van der Waals surface area contributed by atoms with Crippen LogP contribution in [0, 0.1) is 0 Å². The van der Waals surface area contributed by atoms with E-state index in [0.29, 0.717) is 11.2 Å². The van der Waals surface area contributed by atoms with Gasteiger partial charge in [-0.15, -0.1) is 10.2 Å². The topological polar surface area (TPSA) is 92.7 Å². The van der Waals surface area contributed by atoms with Crippen LogP contribution in [-0.4, -0.2) is 48.2 Å². The van der Waals surface area contributed by atoms with Crippen molar-refractivity contribution >= 4 is 38.6 Å². The standard InChI is InChI=1S/C22H20BrN5O3/c23-16-7-8-18-17(12-16)21(31)28(22-25-24-13-27(18)22)20(26-9-1-2-10-26)15-5-3-14(4-6-15)11-19(29)30/h3-8,12-13,20H,1-2,9-11H2,(H,29,30). The summed E-state index contributed by atoms with van der Waals surface area (Å²) in [6.45, 7) is 1.73. The van der Waals surface area contributed by atoms with Crippen LogP contribution in [0.1, 0.15) is 30.1 Å². The van der Waals surface area contributed by atoms with Crippen LogP contribution in [0.4, 0.5) is 0 Å². The third-order valence-electron chi connectivity index (χ3n) is 5.78. The molecule has 9 heteroatoms. The number of aromatic nitrogens is 4. The van der Waals surface area contributed by atoms with Crippen LogP contribution in [0.25, 0.3) is 16.7 Å². The number of aliphatic carboxylic acids is 1. The number of rotatable bonds is 5. The fourth-order valence-corrected chi connectivity index (χ4v) is 4.75. The minimum absolute atomic E-state index is 0.0347. The van der Waals surface area contributed by atoms with Gasteiger partial charge in [0, 0.05) is 17.6 Å². The zero-order valence-corrected chi connectivity index (χ0v) is 18.2. The Labute approximate surface area is 185 Å². The molecule has 0 radical (unpaired) electrons. The van der Waals surface area contributed by atoms with Gasteiger partial charge in [0.1, 0.15) is 12.5 Å². The summed E-state index contributed by atoms with van der Waals surface area (Å²) < 4.78 is 4.37. The Balaban J connectivity index is 1.75. The molecule has 0 saturated carbocycles. The van der Waals surface area contributed by atoms with Crippen molar-refractivity contribution in [2.45, 2.75) is 25.4 Å². The first-order valence-electron chi connectivity index (χ1n) is 10.1. The second-order valence-electron chi connectivity index (χ2n) is 7.77. The Morgan fingerprint density at radius 2 is 1.87 bits per heavy atom. The molecule has 158 valence electrons. The fraction of sp³-hybridized carbons (Fsp3) is 0.273. The summed E-state index contributed by atoms with van der Waals surface area (Å²) in [7, 11) is 0. The van der Waals surface area contributed by atoms with Gasteiger partial charge in [-0.3, -0.25) is 23.5 Å². The molecule has 0 spiro atoms. The smallest absolute Gasteiger partial charge is 0.307 e. The molecule has 2 aromatic heterocycles. The molecule has 1 N–H and O–H groups in total. The molecule has 1 fully saturated rings. The van der Waals surface area contributed by atoms with E-state index in [4.69, 9.17) is 5.11 Å². The van der Waals surface area contributed by atoms with Crippen LogP contribution in [0.3, 0.4) is 0 Å². The largest absolute Gasteiger partial charge is 0.481 e. The van der Waals surface area contributed by atoms with Crippen molar-refractivity contribution in [1.29, 1.82) is 0 Å². The Morgan fingerprint density at radius 1 is 1.13 bits per heavy atom. The van der Waals surface area contributed by atoms with Crippen molar-refractivity contribution < 1.29 is 9.90 Å². The molecular formula is C22H20BrN5O3. The third-order valence-corrected chi connectivity index (χ3v) is 6.27. The van der Waals surface area contributed by atoms with Crippen LogP contribution in [0.15, 0.2) is 58.1 Å². The Bertz CT molecular complexity index is 1340. The average molecular weight is 482 g/mol. The van der Waals surface area contributed by atoms with Gasteiger partial charge >= 0.3 is 5.97 Å². The number of hydrogen-bond donors (Lipinski definition) is 1. The highest BCUT2D eigenvalue weighted by atomic mass is 79.9. The first-order valence-corrected chi connectivity index (χ1v) is 10.9. The molecule has 0 aliphatic carbocycles. The first-order chi connectivity index (χ1) is 15.0. The van der Waals surface area contributed by atoms with Gasteiger partial charge in [0.15, 0.2) is 0 Å². The predicted octanol–water partition coefficient (Wildman–Crippen LogP) is 3.08. The molecule has 1 atom stereocenters. The van der Waals surface area contributed by atoms with Gasteiger partial charge in [-0.05, 0) is 42.2 Å². The molecule has 31 heavy (non-hydrogen) atoms. The van der Waals surface area contributed by atoms with E-state index < -0.39 is 5.97 Å². The van der Waals surface area contributed by atoms with Crippen molar-refractivity contribution in [3.63, 3.8) is 0 Å². The second kappa shape index (κ2) is 7.90. The van der Waals surface area contributed by atoms with Crippen molar-refractivity contribution in [2.24, 2.45) is 0 Å². The van der Waals surface area contributed by atoms with E-state index in [1.807, 2.05) is 46.9 Å². The molecule has 2 aromatic carbocycles. The van der Waals surface area contributed by atoms with E-state index in [1.54, 1.807) is 10.9 Å². The van der Waals surface area contributed by atoms with Crippen molar-refractivity contribution in [3.8, 4) is 0 Å². The van der Waals surface area contributed by atoms with Crippen molar-refractivity contribution in [2.75, 3.05) is 13.1 Å². The number of likely N-dealkylation sites (tertiary alicyclic amines) is 1. The highest BCUT2D eigenvalue weighted by molar-refractivity contribution is 9.10. The summed E-state index contributed by atoms with van der Waals surface area (Å²) in [4.78, 5) is 27.1. The monoisotopic (exact) mass is 481 g/mol. The number of benzene rings is 2. The molecule has 1 aliphatic heterocycles. The third kappa shape index (κ3) is 3.53. The molecular weight excluding hydrogens is 462 g/mol. The number of fused-ring (bicyclic) bond motifs is 3. The molecule has 1 unspecified atom stereocenters. The van der Waals surface area contributed by atoms with Gasteiger partial charge in [-0.1, -0.05) is 40.2 Å². The summed E-state index contributed by atoms with van der Waals surface area (Å²) in [5.41, 5.74) is 2.25. The van der Waals surface area contributed by atoms with Crippen LogP contribution in [-0.2, 0) is 11.2 Å². The van der Waals surface area contributed by atoms with E-state index >= 15 is 0 Å². The van der Waals surface area contributed by atoms with Gasteiger partial charge in [0.25, 0.3) is 5.56 Å². The van der Waals surface area contributed by atoms with Crippen LogP contribution >= 0.6 is 15.9 Å². The molecule has 0 amide bonds. The summed E-state index contributed by atoms with van der Waals surface area (Å²) in [6, 6.07) is 13.0. The summed E-state index contributed by atoms with van der Waals surface area (Å²) >= 11 is 3.47. The van der Waals surface area contributed by atoms with Gasteiger partial charge in [-0.25, -0.2) is 0 Å². The highest BCUT2D eigenvalue weighted by Crippen LogP contribution is 2.29. The lowest BCUT2D eigenvalue weighted by Crippen LogP contribution is -2.38. The number of carboxylic acids is 1. The minimum Gasteiger partial charge on any atom is -0.481 e. The zero-order chi connectivity index (χ0) is 21.5. The molecule has 5 rings (SSSR count). The summed E-state index contributed by atoms with van der Waals surface area (Å²) in [5.74, 6) is -0.392. The lowest BCUT2D eigenvalue weighted by atomic mass is 10.1. The predicted molar refractivity (Wildman–Crippen MR) is 119 cm³/mol. The lowest BCUT2D eigenvalue weighted by Gasteiger charge is -2.30. The van der Waals surface area contributed by atoms with E-state index in [0.717, 1.165) is 47.0 Å². The quantitative estimate of drug-likeness (QED) is 0.470.